The lowest BCUT2D eigenvalue weighted by molar-refractivity contribution is -0.120. The number of nitrogens with zero attached hydrogens (tertiary/aromatic N) is 6. The van der Waals surface area contributed by atoms with Gasteiger partial charge in [0.1, 0.15) is 11.4 Å². The number of pyridine rings is 1. The zero-order valence-corrected chi connectivity index (χ0v) is 33.9. The highest BCUT2D eigenvalue weighted by Gasteiger charge is 2.29. The van der Waals surface area contributed by atoms with Gasteiger partial charge in [0.25, 0.3) is 11.8 Å². The molecular weight excluding hydrogens is 744 g/mol. The zero-order chi connectivity index (χ0) is 40.1. The number of unbranched alkanes of at least 4 members (excludes halogenated alkanes) is 1. The van der Waals surface area contributed by atoms with E-state index in [1.54, 1.807) is 31.4 Å². The second-order valence-corrected chi connectivity index (χ2v) is 16.3. The molecule has 2 aromatic carbocycles. The number of carbonyl (C=O) groups excluding carboxylic acids is 4. The number of rotatable bonds is 13. The van der Waals surface area contributed by atoms with Crippen LogP contribution in [-0.2, 0) is 4.79 Å². The molecular formula is C43H53ClN8O5. The molecule has 2 aromatic heterocycles. The van der Waals surface area contributed by atoms with Crippen LogP contribution in [0.2, 0.25) is 5.02 Å². The number of urea groups is 1. The van der Waals surface area contributed by atoms with E-state index < -0.39 is 6.03 Å². The topological polar surface area (TPSA) is 142 Å². The van der Waals surface area contributed by atoms with Crippen LogP contribution in [-0.4, -0.2) is 95.2 Å². The fourth-order valence-corrected chi connectivity index (χ4v) is 8.79. The summed E-state index contributed by atoms with van der Waals surface area (Å²) in [4.78, 5) is 60.5. The first-order chi connectivity index (χ1) is 27.5. The molecule has 4 heterocycles. The van der Waals surface area contributed by atoms with Crippen molar-refractivity contribution in [2.75, 3.05) is 57.1 Å². The highest BCUT2D eigenvalue weighted by molar-refractivity contribution is 6.34. The van der Waals surface area contributed by atoms with Crippen molar-refractivity contribution in [2.24, 2.45) is 11.8 Å². The first kappa shape index (κ1) is 40.2. The molecule has 0 bridgehead atoms. The average Bonchev–Trinajstić information content (AvgIpc) is 3.63. The molecule has 2 aliphatic heterocycles. The second-order valence-electron chi connectivity index (χ2n) is 15.9. The van der Waals surface area contributed by atoms with Gasteiger partial charge < -0.3 is 19.9 Å². The van der Waals surface area contributed by atoms with E-state index in [9.17, 15) is 19.2 Å². The molecule has 13 nitrogen and oxygen atoms in total. The standard InChI is InChI=1S/C43H53ClN8O5/c1-28-7-6-9-35(45-28)41(54)46-37-23-32-27-52(48-36(32)25-39(37)57-3)33-13-10-30(11-14-33)26-49(2)19-5-4-8-29-16-20-50(21-17-29)42(55)31-12-15-34(44)38(24-31)51-22-18-40(53)47-43(51)56/h6-7,9,12,15,23-25,27,29-30,33H,4-5,8,10-11,13-14,16-22,26H2,1-3H3,(H,46,54)(H,47,53,56). The summed E-state index contributed by atoms with van der Waals surface area (Å²) < 4.78 is 7.72. The third-order valence-electron chi connectivity index (χ3n) is 11.8. The Morgan fingerprint density at radius 2 is 1.77 bits per heavy atom. The Hall–Kier alpha value is -5.01. The molecule has 3 aliphatic rings. The molecule has 0 unspecified atom stereocenters. The fourth-order valence-electron chi connectivity index (χ4n) is 8.57. The van der Waals surface area contributed by atoms with Crippen LogP contribution in [0.5, 0.6) is 5.75 Å². The lowest BCUT2D eigenvalue weighted by Crippen LogP contribution is -2.49. The van der Waals surface area contributed by atoms with Crippen LogP contribution in [0.25, 0.3) is 10.9 Å². The highest BCUT2D eigenvalue weighted by Crippen LogP contribution is 2.36. The van der Waals surface area contributed by atoms with E-state index in [0.717, 1.165) is 68.5 Å². The Morgan fingerprint density at radius 3 is 2.51 bits per heavy atom. The van der Waals surface area contributed by atoms with Gasteiger partial charge in [0.15, 0.2) is 0 Å². The minimum Gasteiger partial charge on any atom is -0.494 e. The number of carbonyl (C=O) groups is 4. The van der Waals surface area contributed by atoms with E-state index in [1.165, 1.54) is 37.0 Å². The number of benzene rings is 2. The monoisotopic (exact) mass is 796 g/mol. The molecule has 1 aliphatic carbocycles. The SMILES string of the molecule is COc1cc2nn(C3CCC(CN(C)CCCCC4CCN(C(=O)c5ccc(Cl)c(N6CCC(=O)NC6=O)c5)CC4)CC3)cc2cc1NC(=O)c1cccc(C)n1. The number of methoxy groups -OCH3 is 1. The lowest BCUT2D eigenvalue weighted by atomic mass is 9.85. The van der Waals surface area contributed by atoms with Crippen LogP contribution in [0.15, 0.2) is 54.7 Å². The summed E-state index contributed by atoms with van der Waals surface area (Å²) in [5.74, 6) is 1.21. The zero-order valence-electron chi connectivity index (χ0n) is 33.1. The number of aromatic nitrogens is 3. The normalized spacial score (nSPS) is 19.2. The predicted octanol–water partition coefficient (Wildman–Crippen LogP) is 7.49. The van der Waals surface area contributed by atoms with Gasteiger partial charge in [-0.05, 0) is 114 Å². The van der Waals surface area contributed by atoms with Gasteiger partial charge >= 0.3 is 6.03 Å². The number of aryl methyl sites for hydroxylation is 1. The molecule has 302 valence electrons. The number of ether oxygens (including phenoxy) is 1. The Labute approximate surface area is 339 Å². The van der Waals surface area contributed by atoms with E-state index in [4.69, 9.17) is 21.4 Å². The first-order valence-electron chi connectivity index (χ1n) is 20.2. The molecule has 0 atom stereocenters. The van der Waals surface area contributed by atoms with Crippen molar-refractivity contribution in [3.8, 4) is 5.75 Å². The van der Waals surface area contributed by atoms with E-state index in [-0.39, 0.29) is 30.7 Å². The molecule has 14 heteroatoms. The molecule has 57 heavy (non-hydrogen) atoms. The van der Waals surface area contributed by atoms with Gasteiger partial charge in [-0.2, -0.15) is 5.10 Å². The van der Waals surface area contributed by atoms with Crippen molar-refractivity contribution in [1.29, 1.82) is 0 Å². The van der Waals surface area contributed by atoms with Gasteiger partial charge in [-0.15, -0.1) is 0 Å². The number of hydrogen-bond acceptors (Lipinski definition) is 8. The number of imide groups is 1. The van der Waals surface area contributed by atoms with Gasteiger partial charge in [-0.3, -0.25) is 29.3 Å². The number of fused-ring (bicyclic) bond motifs is 1. The second kappa shape index (κ2) is 18.1. The van der Waals surface area contributed by atoms with Crippen molar-refractivity contribution in [3.05, 3.63) is 76.7 Å². The predicted molar refractivity (Wildman–Crippen MR) is 221 cm³/mol. The van der Waals surface area contributed by atoms with Crippen LogP contribution in [0.4, 0.5) is 16.2 Å². The van der Waals surface area contributed by atoms with E-state index >= 15 is 0 Å². The molecule has 5 amide bonds. The molecule has 2 N–H and O–H groups in total. The molecule has 1 saturated carbocycles. The summed E-state index contributed by atoms with van der Waals surface area (Å²) >= 11 is 6.39. The van der Waals surface area contributed by atoms with Gasteiger partial charge in [-0.25, -0.2) is 9.78 Å². The molecule has 4 aromatic rings. The third-order valence-corrected chi connectivity index (χ3v) is 12.1. The number of anilines is 2. The number of piperidine rings is 1. The Balaban J connectivity index is 0.810. The quantitative estimate of drug-likeness (QED) is 0.133. The summed E-state index contributed by atoms with van der Waals surface area (Å²) in [6.07, 6.45) is 12.3. The Morgan fingerprint density at radius 1 is 0.982 bits per heavy atom. The number of nitrogens with one attached hydrogen (secondary N) is 2. The summed E-state index contributed by atoms with van der Waals surface area (Å²) in [5, 5.41) is 11.5. The van der Waals surface area contributed by atoms with Crippen molar-refractivity contribution < 1.29 is 23.9 Å². The maximum absolute atomic E-state index is 13.4. The summed E-state index contributed by atoms with van der Waals surface area (Å²) in [7, 11) is 3.84. The number of halogens is 1. The molecule has 7 rings (SSSR count). The smallest absolute Gasteiger partial charge is 0.328 e. The molecule has 2 saturated heterocycles. The average molecular weight is 797 g/mol. The summed E-state index contributed by atoms with van der Waals surface area (Å²) in [6, 6.07) is 14.1. The van der Waals surface area contributed by atoms with Crippen molar-refractivity contribution >= 4 is 57.6 Å². The molecule has 0 spiro atoms. The Bertz CT molecular complexity index is 2110. The highest BCUT2D eigenvalue weighted by atomic mass is 35.5. The van der Waals surface area contributed by atoms with E-state index in [1.807, 2.05) is 36.1 Å². The minimum atomic E-state index is -0.520. The fraction of sp³-hybridized carbons (Fsp3) is 0.488. The van der Waals surface area contributed by atoms with Crippen molar-refractivity contribution in [2.45, 2.75) is 77.2 Å². The summed E-state index contributed by atoms with van der Waals surface area (Å²) in [6.45, 7) is 5.73. The van der Waals surface area contributed by atoms with Crippen molar-refractivity contribution in [3.63, 3.8) is 0 Å². The third kappa shape index (κ3) is 9.76. The first-order valence-corrected chi connectivity index (χ1v) is 20.6. The maximum atomic E-state index is 13.4. The van der Waals surface area contributed by atoms with Crippen LogP contribution < -0.4 is 20.3 Å². The van der Waals surface area contributed by atoms with Crippen LogP contribution in [0.3, 0.4) is 0 Å². The number of amides is 5. The van der Waals surface area contributed by atoms with E-state index in [2.05, 4.69) is 38.4 Å². The largest absolute Gasteiger partial charge is 0.494 e. The molecule has 0 radical (unpaired) electrons. The maximum Gasteiger partial charge on any atom is 0.328 e. The van der Waals surface area contributed by atoms with Gasteiger partial charge in [-0.1, -0.05) is 30.5 Å². The van der Waals surface area contributed by atoms with Gasteiger partial charge in [0.2, 0.25) is 5.91 Å². The van der Waals surface area contributed by atoms with Crippen molar-refractivity contribution in [1.82, 2.24) is 29.9 Å². The van der Waals surface area contributed by atoms with E-state index in [0.29, 0.717) is 51.3 Å². The van der Waals surface area contributed by atoms with Gasteiger partial charge in [0.05, 0.1) is 35.1 Å². The van der Waals surface area contributed by atoms with Gasteiger partial charge in [0, 0.05) is 61.5 Å². The lowest BCUT2D eigenvalue weighted by Gasteiger charge is -2.33. The van der Waals surface area contributed by atoms with Crippen LogP contribution in [0, 0.1) is 18.8 Å². The Kier molecular flexibility index (Phi) is 12.7. The van der Waals surface area contributed by atoms with Crippen LogP contribution >= 0.6 is 11.6 Å². The summed E-state index contributed by atoms with van der Waals surface area (Å²) in [5.41, 5.74) is 3.53. The minimum absolute atomic E-state index is 0.0533. The number of hydrogen-bond donors (Lipinski definition) is 2. The van der Waals surface area contributed by atoms with Crippen LogP contribution in [0.1, 0.15) is 96.8 Å². The number of likely N-dealkylation sites (tertiary alicyclic amines) is 1. The molecule has 3 fully saturated rings.